The minimum absolute atomic E-state index is 0.0479. The van der Waals surface area contributed by atoms with Crippen molar-refractivity contribution in [3.8, 4) is 0 Å². The van der Waals surface area contributed by atoms with Gasteiger partial charge in [-0.2, -0.15) is 10.2 Å². The summed E-state index contributed by atoms with van der Waals surface area (Å²) in [6, 6.07) is 22.0. The third-order valence-electron chi connectivity index (χ3n) is 9.17. The third kappa shape index (κ3) is 4.29. The Kier molecular flexibility index (Phi) is 6.84. The summed E-state index contributed by atoms with van der Waals surface area (Å²) in [5, 5.41) is 24.5. The first-order valence-corrected chi connectivity index (χ1v) is 14.7. The highest BCUT2D eigenvalue weighted by molar-refractivity contribution is 5.93. The van der Waals surface area contributed by atoms with Crippen LogP contribution in [0.15, 0.2) is 83.0 Å². The molecular weight excluding hydrogens is 580 g/mol. The molecule has 232 valence electrons. The maximum Gasteiger partial charge on any atom is 0.416 e. The number of azo groups is 1. The van der Waals surface area contributed by atoms with Gasteiger partial charge in [-0.1, -0.05) is 60.7 Å². The zero-order chi connectivity index (χ0) is 31.3. The van der Waals surface area contributed by atoms with Crippen LogP contribution < -0.4 is 10.2 Å². The van der Waals surface area contributed by atoms with Crippen LogP contribution >= 0.6 is 0 Å². The molecule has 13 heteroatoms. The summed E-state index contributed by atoms with van der Waals surface area (Å²) in [6.07, 6.45) is -2.74. The van der Waals surface area contributed by atoms with Gasteiger partial charge in [-0.15, -0.1) is 0 Å². The van der Waals surface area contributed by atoms with Crippen LogP contribution in [-0.4, -0.2) is 72.8 Å². The summed E-state index contributed by atoms with van der Waals surface area (Å²) in [4.78, 5) is 43.6. The summed E-state index contributed by atoms with van der Waals surface area (Å²) < 4.78 is 15.8. The van der Waals surface area contributed by atoms with E-state index in [1.54, 1.807) is 24.3 Å². The van der Waals surface area contributed by atoms with Crippen molar-refractivity contribution in [2.45, 2.75) is 42.9 Å². The molecule has 0 aliphatic carbocycles. The normalized spacial score (nSPS) is 25.8. The number of hydrogen-bond acceptors (Lipinski definition) is 10. The fourth-order valence-electron chi connectivity index (χ4n) is 7.08. The number of benzene rings is 3. The average molecular weight is 613 g/mol. The molecule has 45 heavy (non-hydrogen) atoms. The lowest BCUT2D eigenvalue weighted by atomic mass is 9.90. The van der Waals surface area contributed by atoms with Crippen LogP contribution in [0, 0.1) is 0 Å². The van der Waals surface area contributed by atoms with Crippen molar-refractivity contribution in [1.29, 1.82) is 0 Å². The first-order chi connectivity index (χ1) is 21.8. The lowest BCUT2D eigenvalue weighted by Crippen LogP contribution is -2.53. The van der Waals surface area contributed by atoms with Gasteiger partial charge in [0.05, 0.1) is 25.6 Å². The van der Waals surface area contributed by atoms with Crippen molar-refractivity contribution in [2.24, 2.45) is 10.2 Å². The monoisotopic (exact) mass is 612 g/mol. The van der Waals surface area contributed by atoms with Crippen molar-refractivity contribution in [3.05, 3.63) is 89.5 Å². The molecule has 0 bridgehead atoms. The molecule has 4 heterocycles. The number of nitrogens with one attached hydrogen (secondary N) is 1. The predicted molar refractivity (Wildman–Crippen MR) is 161 cm³/mol. The molecular formula is C32H32N6O7. The molecule has 4 aliphatic heterocycles. The Balaban J connectivity index is 1.27. The smallest absolute Gasteiger partial charge is 0.416 e. The van der Waals surface area contributed by atoms with Crippen LogP contribution in [0.3, 0.4) is 0 Å². The lowest BCUT2D eigenvalue weighted by Gasteiger charge is -2.33. The topological polar surface area (TPSA) is 146 Å². The number of carbonyl (C=O) groups excluding carboxylic acids is 3. The highest BCUT2D eigenvalue weighted by Gasteiger charge is 2.62. The fraction of sp³-hybridized carbons (Fsp3) is 0.344. The summed E-state index contributed by atoms with van der Waals surface area (Å²) in [6.45, 7) is 0.633. The van der Waals surface area contributed by atoms with E-state index in [-0.39, 0.29) is 13.2 Å². The van der Waals surface area contributed by atoms with Gasteiger partial charge in [-0.25, -0.2) is 14.4 Å². The van der Waals surface area contributed by atoms with Gasteiger partial charge < -0.3 is 24.6 Å². The van der Waals surface area contributed by atoms with E-state index in [0.717, 1.165) is 11.1 Å². The molecule has 3 aromatic carbocycles. The van der Waals surface area contributed by atoms with Gasteiger partial charge in [0.15, 0.2) is 0 Å². The molecule has 0 spiro atoms. The zero-order valence-electron chi connectivity index (χ0n) is 24.8. The first kappa shape index (κ1) is 28.6. The maximum atomic E-state index is 13.8. The summed E-state index contributed by atoms with van der Waals surface area (Å²) >= 11 is 0. The van der Waals surface area contributed by atoms with Crippen LogP contribution in [0.4, 0.5) is 31.4 Å². The molecule has 0 aromatic heterocycles. The largest absolute Gasteiger partial charge is 0.453 e. The number of amides is 3. The Hall–Kier alpha value is -5.17. The van der Waals surface area contributed by atoms with Gasteiger partial charge in [0, 0.05) is 37.1 Å². The predicted octanol–water partition coefficient (Wildman–Crippen LogP) is 5.03. The number of likely N-dealkylation sites (tertiary alicyclic amines) is 2. The van der Waals surface area contributed by atoms with E-state index < -0.39 is 41.8 Å². The first-order valence-electron chi connectivity index (χ1n) is 14.7. The van der Waals surface area contributed by atoms with Crippen LogP contribution in [0.5, 0.6) is 0 Å². The number of ether oxygens (including phenoxy) is 3. The van der Waals surface area contributed by atoms with Gasteiger partial charge >= 0.3 is 18.3 Å². The number of para-hydroxylation sites is 2. The number of methoxy groups -OCH3 is 2. The minimum Gasteiger partial charge on any atom is -0.453 e. The number of nitrogens with zero attached hydrogens (tertiary/aromatic N) is 5. The summed E-state index contributed by atoms with van der Waals surface area (Å²) in [5.41, 5.74) is 1.22. The standard InChI is InChI=1S/C32H32N6O7/c1-43-28(39)36-18-16-32(42)22-12-8-13-23(25(22)33-26(32)36)34-35-31-15-17-37(29(40)44-2)27(31)38(24-14-7-6-11-21(24)31)30(41)45-19-20-9-4-3-5-10-20/h3-14,26-27,33,42H,15-19H2,1-2H3/t26?,27?,31-,32-/m0/s1. The Bertz CT molecular complexity index is 1700. The molecule has 4 atom stereocenters. The highest BCUT2D eigenvalue weighted by atomic mass is 16.6. The van der Waals surface area contributed by atoms with Gasteiger partial charge in [0.2, 0.25) is 0 Å². The summed E-state index contributed by atoms with van der Waals surface area (Å²) in [7, 11) is 2.60. The molecule has 3 aromatic rings. The lowest BCUT2D eigenvalue weighted by molar-refractivity contribution is 0.0190. The fourth-order valence-corrected chi connectivity index (χ4v) is 7.08. The van der Waals surface area contributed by atoms with E-state index >= 15 is 0 Å². The van der Waals surface area contributed by atoms with Crippen molar-refractivity contribution >= 4 is 35.3 Å². The number of carbonyl (C=O) groups is 3. The Morgan fingerprint density at radius 2 is 1.56 bits per heavy atom. The molecule has 0 radical (unpaired) electrons. The van der Waals surface area contributed by atoms with E-state index in [1.165, 1.54) is 28.9 Å². The molecule has 3 amide bonds. The number of aliphatic hydroxyl groups is 1. The Morgan fingerprint density at radius 3 is 2.33 bits per heavy atom. The number of rotatable bonds is 4. The molecule has 2 fully saturated rings. The van der Waals surface area contributed by atoms with Crippen LogP contribution in [0.25, 0.3) is 0 Å². The highest BCUT2D eigenvalue weighted by Crippen LogP contribution is 2.55. The molecule has 2 saturated heterocycles. The van der Waals surface area contributed by atoms with Crippen LogP contribution in [0.2, 0.25) is 0 Å². The SMILES string of the molecule is COC(=O)N1CC[C@]2(N=Nc3cccc4c3NC3N(C(=O)OC)CC[C@]43O)c3ccccc3N(C(=O)OCc3ccccc3)C12. The second-order valence-corrected chi connectivity index (χ2v) is 11.4. The van der Waals surface area contributed by atoms with Gasteiger partial charge in [-0.3, -0.25) is 14.7 Å². The maximum absolute atomic E-state index is 13.8. The number of fused-ring (bicyclic) bond motifs is 6. The van der Waals surface area contributed by atoms with Crippen LogP contribution in [0.1, 0.15) is 29.5 Å². The van der Waals surface area contributed by atoms with Crippen molar-refractivity contribution in [2.75, 3.05) is 37.5 Å². The van der Waals surface area contributed by atoms with Crippen molar-refractivity contribution < 1.29 is 33.7 Å². The van der Waals surface area contributed by atoms with Gasteiger partial charge in [0.25, 0.3) is 0 Å². The summed E-state index contributed by atoms with van der Waals surface area (Å²) in [5.74, 6) is 0. The van der Waals surface area contributed by atoms with E-state index in [2.05, 4.69) is 5.32 Å². The van der Waals surface area contributed by atoms with Crippen molar-refractivity contribution in [3.63, 3.8) is 0 Å². The molecule has 2 N–H and O–H groups in total. The van der Waals surface area contributed by atoms with E-state index in [1.807, 2.05) is 48.5 Å². The third-order valence-corrected chi connectivity index (χ3v) is 9.17. The van der Waals surface area contributed by atoms with Crippen molar-refractivity contribution in [1.82, 2.24) is 9.80 Å². The second-order valence-electron chi connectivity index (χ2n) is 11.4. The minimum atomic E-state index is -1.33. The van der Waals surface area contributed by atoms with Gasteiger partial charge in [-0.05, 0) is 17.7 Å². The number of anilines is 2. The Labute approximate surface area is 259 Å². The number of hydrogen-bond donors (Lipinski definition) is 2. The van der Waals surface area contributed by atoms with Crippen LogP contribution in [-0.2, 0) is 32.0 Å². The quantitative estimate of drug-likeness (QED) is 0.308. The molecule has 0 saturated carbocycles. The van der Waals surface area contributed by atoms with Gasteiger partial charge in [0.1, 0.15) is 35.8 Å². The molecule has 4 aliphatic rings. The Morgan fingerprint density at radius 1 is 0.867 bits per heavy atom. The average Bonchev–Trinajstić information content (AvgIpc) is 3.77. The van der Waals surface area contributed by atoms with E-state index in [9.17, 15) is 19.5 Å². The molecule has 7 rings (SSSR count). The zero-order valence-corrected chi connectivity index (χ0v) is 24.8. The molecule has 2 unspecified atom stereocenters. The molecule has 13 nitrogen and oxygen atoms in total. The second kappa shape index (κ2) is 10.8. The van der Waals surface area contributed by atoms with E-state index in [4.69, 9.17) is 24.4 Å². The van der Waals surface area contributed by atoms with E-state index in [0.29, 0.717) is 42.0 Å².